The summed E-state index contributed by atoms with van der Waals surface area (Å²) >= 11 is 6.77. The zero-order valence-electron chi connectivity index (χ0n) is 18.1. The van der Waals surface area contributed by atoms with E-state index in [9.17, 15) is 14.4 Å². The van der Waals surface area contributed by atoms with Crippen molar-refractivity contribution in [1.82, 2.24) is 9.69 Å². The molecule has 0 bridgehead atoms. The Bertz CT molecular complexity index is 1130. The summed E-state index contributed by atoms with van der Waals surface area (Å²) in [5, 5.41) is 3.33. The van der Waals surface area contributed by atoms with E-state index in [1.807, 2.05) is 13.8 Å². The van der Waals surface area contributed by atoms with E-state index >= 15 is 0 Å². The molecule has 0 radical (unpaired) electrons. The summed E-state index contributed by atoms with van der Waals surface area (Å²) in [6.45, 7) is 4.51. The number of carbonyl (C=O) groups excluding carboxylic acids is 3. The van der Waals surface area contributed by atoms with Gasteiger partial charge in [-0.1, -0.05) is 25.4 Å². The second-order valence-electron chi connectivity index (χ2n) is 7.68. The van der Waals surface area contributed by atoms with Gasteiger partial charge >= 0.3 is 0 Å². The molecule has 0 aliphatic rings. The Morgan fingerprint density at radius 1 is 1.21 bits per heavy atom. The van der Waals surface area contributed by atoms with Crippen molar-refractivity contribution >= 4 is 52.2 Å². The molecule has 0 spiro atoms. The van der Waals surface area contributed by atoms with Crippen molar-refractivity contribution in [2.45, 2.75) is 26.3 Å². The number of nitrogens with zero attached hydrogens (tertiary/aromatic N) is 2. The summed E-state index contributed by atoms with van der Waals surface area (Å²) in [5.41, 5.74) is 11.3. The summed E-state index contributed by atoms with van der Waals surface area (Å²) in [5.74, 6) is -1.30. The van der Waals surface area contributed by atoms with Crippen LogP contribution in [-0.2, 0) is 4.79 Å². The monoisotopic (exact) mass is 489 g/mol. The predicted octanol–water partition coefficient (Wildman–Crippen LogP) is 3.62. The van der Waals surface area contributed by atoms with E-state index in [1.165, 1.54) is 11.2 Å². The first-order valence-corrected chi connectivity index (χ1v) is 11.3. The van der Waals surface area contributed by atoms with Crippen LogP contribution in [0.1, 0.15) is 52.2 Å². The van der Waals surface area contributed by atoms with Gasteiger partial charge in [-0.2, -0.15) is 4.37 Å². The minimum Gasteiger partial charge on any atom is -0.467 e. The second-order valence-corrected chi connectivity index (χ2v) is 8.89. The molecule has 2 aromatic heterocycles. The molecule has 2 heterocycles. The number of primary amides is 1. The van der Waals surface area contributed by atoms with Crippen LogP contribution >= 0.6 is 23.1 Å². The molecule has 0 saturated heterocycles. The summed E-state index contributed by atoms with van der Waals surface area (Å²) in [6.07, 6.45) is 2.18. The first kappa shape index (κ1) is 24.3. The number of carbonyl (C=O) groups is 3. The van der Waals surface area contributed by atoms with Crippen molar-refractivity contribution in [2.75, 3.05) is 17.2 Å². The molecular weight excluding hydrogens is 466 g/mol. The van der Waals surface area contributed by atoms with E-state index in [1.54, 1.807) is 36.4 Å². The normalized spacial score (nSPS) is 11.9. The van der Waals surface area contributed by atoms with Crippen LogP contribution in [0.2, 0.25) is 5.02 Å². The molecule has 1 unspecified atom stereocenters. The third-order valence-electron chi connectivity index (χ3n) is 4.82. The number of nitrogens with two attached hydrogens (primary N) is 2. The van der Waals surface area contributed by atoms with Gasteiger partial charge in [0.25, 0.3) is 17.7 Å². The standard InChI is InChI=1S/C22H24ClN5O4S/c1-12(2)9-10-26-21(30)18(15-4-3-11-32-15)28(14-7-5-13(23)6-8-14)22(31)19-16(24)17(20(25)29)27-33-19/h3-8,11-12,18H,9-10,24H2,1-2H3,(H2,25,29)(H,26,30). The number of rotatable bonds is 9. The van der Waals surface area contributed by atoms with Gasteiger partial charge in [0.1, 0.15) is 10.6 Å². The van der Waals surface area contributed by atoms with Crippen molar-refractivity contribution in [3.63, 3.8) is 0 Å². The zero-order chi connectivity index (χ0) is 24.1. The van der Waals surface area contributed by atoms with Gasteiger partial charge in [-0.05, 0) is 60.3 Å². The molecular formula is C22H24ClN5O4S. The van der Waals surface area contributed by atoms with Crippen molar-refractivity contribution in [2.24, 2.45) is 11.7 Å². The van der Waals surface area contributed by atoms with Crippen LogP contribution in [0.3, 0.4) is 0 Å². The van der Waals surface area contributed by atoms with Crippen molar-refractivity contribution in [3.05, 3.63) is 64.0 Å². The largest absolute Gasteiger partial charge is 0.467 e. The fourth-order valence-corrected chi connectivity index (χ4v) is 3.99. The van der Waals surface area contributed by atoms with E-state index in [2.05, 4.69) is 9.69 Å². The highest BCUT2D eigenvalue weighted by molar-refractivity contribution is 7.09. The fraction of sp³-hybridized carbons (Fsp3) is 0.273. The van der Waals surface area contributed by atoms with Crippen LogP contribution in [-0.4, -0.2) is 28.6 Å². The molecule has 174 valence electrons. The number of furan rings is 1. The average molecular weight is 490 g/mol. The number of benzene rings is 1. The third-order valence-corrected chi connectivity index (χ3v) is 5.92. The highest BCUT2D eigenvalue weighted by atomic mass is 35.5. The molecule has 3 aromatic rings. The topological polar surface area (TPSA) is 145 Å². The van der Waals surface area contributed by atoms with E-state index in [0.29, 0.717) is 23.2 Å². The molecule has 33 heavy (non-hydrogen) atoms. The molecule has 3 rings (SSSR count). The zero-order valence-corrected chi connectivity index (χ0v) is 19.7. The van der Waals surface area contributed by atoms with Crippen LogP contribution in [0.4, 0.5) is 11.4 Å². The summed E-state index contributed by atoms with van der Waals surface area (Å²) in [6, 6.07) is 8.47. The number of hydrogen-bond acceptors (Lipinski definition) is 7. The second kappa shape index (κ2) is 10.5. The van der Waals surface area contributed by atoms with E-state index in [0.717, 1.165) is 18.0 Å². The quantitative estimate of drug-likeness (QED) is 0.418. The van der Waals surface area contributed by atoms with Gasteiger partial charge in [0, 0.05) is 17.3 Å². The molecule has 0 saturated carbocycles. The number of halogens is 1. The maximum absolute atomic E-state index is 13.7. The molecule has 11 heteroatoms. The Labute approximate surface area is 199 Å². The van der Waals surface area contributed by atoms with Crippen molar-refractivity contribution in [3.8, 4) is 0 Å². The van der Waals surface area contributed by atoms with Crippen LogP contribution in [0, 0.1) is 5.92 Å². The molecule has 0 fully saturated rings. The SMILES string of the molecule is CC(C)CCNC(=O)C(c1ccco1)N(C(=O)c1snc(C(N)=O)c1N)c1ccc(Cl)cc1. The Morgan fingerprint density at radius 3 is 2.45 bits per heavy atom. The maximum atomic E-state index is 13.7. The number of amides is 3. The lowest BCUT2D eigenvalue weighted by molar-refractivity contribution is -0.122. The van der Waals surface area contributed by atoms with E-state index in [4.69, 9.17) is 27.5 Å². The summed E-state index contributed by atoms with van der Waals surface area (Å²) in [7, 11) is 0. The average Bonchev–Trinajstić information content (AvgIpc) is 3.42. The van der Waals surface area contributed by atoms with Gasteiger partial charge in [0.05, 0.1) is 12.0 Å². The van der Waals surface area contributed by atoms with Crippen LogP contribution < -0.4 is 21.7 Å². The van der Waals surface area contributed by atoms with Gasteiger partial charge in [0.2, 0.25) is 0 Å². The van der Waals surface area contributed by atoms with Gasteiger partial charge in [-0.3, -0.25) is 19.3 Å². The smallest absolute Gasteiger partial charge is 0.273 e. The number of aromatic nitrogens is 1. The first-order chi connectivity index (χ1) is 15.7. The molecule has 0 aliphatic carbocycles. The number of anilines is 2. The van der Waals surface area contributed by atoms with Crippen LogP contribution in [0.15, 0.2) is 47.1 Å². The first-order valence-electron chi connectivity index (χ1n) is 10.2. The molecule has 1 atom stereocenters. The van der Waals surface area contributed by atoms with Crippen molar-refractivity contribution < 1.29 is 18.8 Å². The highest BCUT2D eigenvalue weighted by Gasteiger charge is 2.37. The third kappa shape index (κ3) is 5.52. The number of nitrogens with one attached hydrogen (secondary N) is 1. The van der Waals surface area contributed by atoms with Crippen LogP contribution in [0.5, 0.6) is 0 Å². The Balaban J connectivity index is 2.09. The lowest BCUT2D eigenvalue weighted by atomic mass is 10.1. The molecule has 5 N–H and O–H groups in total. The lowest BCUT2D eigenvalue weighted by Crippen LogP contribution is -2.44. The Morgan fingerprint density at radius 2 is 1.91 bits per heavy atom. The molecule has 3 amide bonds. The number of hydrogen-bond donors (Lipinski definition) is 3. The van der Waals surface area contributed by atoms with Crippen molar-refractivity contribution in [1.29, 1.82) is 0 Å². The van der Waals surface area contributed by atoms with E-state index < -0.39 is 23.8 Å². The van der Waals surface area contributed by atoms with E-state index in [-0.39, 0.29) is 22.0 Å². The van der Waals surface area contributed by atoms with Crippen LogP contribution in [0.25, 0.3) is 0 Å². The Hall–Kier alpha value is -3.37. The molecule has 9 nitrogen and oxygen atoms in total. The van der Waals surface area contributed by atoms with Gasteiger partial charge in [-0.25, -0.2) is 0 Å². The Kier molecular flexibility index (Phi) is 7.72. The predicted molar refractivity (Wildman–Crippen MR) is 127 cm³/mol. The highest BCUT2D eigenvalue weighted by Crippen LogP contribution is 2.33. The minimum atomic E-state index is -1.15. The summed E-state index contributed by atoms with van der Waals surface area (Å²) < 4.78 is 9.44. The number of nitrogen functional groups attached to an aromatic ring is 1. The van der Waals surface area contributed by atoms with Gasteiger partial charge < -0.3 is 21.2 Å². The molecule has 0 aliphatic heterocycles. The minimum absolute atomic E-state index is 0.0229. The maximum Gasteiger partial charge on any atom is 0.273 e. The lowest BCUT2D eigenvalue weighted by Gasteiger charge is -2.29. The molecule has 1 aromatic carbocycles. The van der Waals surface area contributed by atoms with Gasteiger partial charge in [0.15, 0.2) is 11.7 Å². The van der Waals surface area contributed by atoms with Gasteiger partial charge in [-0.15, -0.1) is 0 Å². The summed E-state index contributed by atoms with van der Waals surface area (Å²) in [4.78, 5) is 39.9. The fourth-order valence-electron chi connectivity index (χ4n) is 3.13.